The van der Waals surface area contributed by atoms with Crippen molar-refractivity contribution in [2.75, 3.05) is 20.1 Å². The standard InChI is InChI=1S/C10H16BrN3O/c1-3-14-7-8(11)6-9(14)10(15)13-5-4-12-2/h6-7,12H,3-5H2,1-2H3,(H,13,15). The molecule has 0 aliphatic heterocycles. The van der Waals surface area contributed by atoms with Crippen molar-refractivity contribution >= 4 is 21.8 Å². The first-order valence-corrected chi connectivity index (χ1v) is 5.76. The Morgan fingerprint density at radius 3 is 2.87 bits per heavy atom. The molecule has 0 saturated carbocycles. The van der Waals surface area contributed by atoms with E-state index in [2.05, 4.69) is 26.6 Å². The van der Waals surface area contributed by atoms with E-state index in [9.17, 15) is 4.79 Å². The Balaban J connectivity index is 2.64. The molecule has 15 heavy (non-hydrogen) atoms. The van der Waals surface area contributed by atoms with Crippen molar-refractivity contribution in [3.05, 3.63) is 22.4 Å². The zero-order valence-electron chi connectivity index (χ0n) is 9.01. The quantitative estimate of drug-likeness (QED) is 0.793. The number of aromatic nitrogens is 1. The van der Waals surface area contributed by atoms with Gasteiger partial charge in [-0.1, -0.05) is 0 Å². The van der Waals surface area contributed by atoms with Crippen molar-refractivity contribution < 1.29 is 4.79 Å². The molecule has 1 heterocycles. The van der Waals surface area contributed by atoms with Crippen LogP contribution in [0.3, 0.4) is 0 Å². The van der Waals surface area contributed by atoms with Gasteiger partial charge in [0.1, 0.15) is 5.69 Å². The maximum atomic E-state index is 11.7. The smallest absolute Gasteiger partial charge is 0.267 e. The number of amides is 1. The molecule has 0 aliphatic rings. The van der Waals surface area contributed by atoms with Crippen LogP contribution in [0.2, 0.25) is 0 Å². The van der Waals surface area contributed by atoms with Gasteiger partial charge in [0, 0.05) is 30.3 Å². The van der Waals surface area contributed by atoms with E-state index in [1.807, 2.05) is 30.8 Å². The number of likely N-dealkylation sites (N-methyl/N-ethyl adjacent to an activating group) is 1. The van der Waals surface area contributed by atoms with Gasteiger partial charge in [-0.3, -0.25) is 4.79 Å². The highest BCUT2D eigenvalue weighted by molar-refractivity contribution is 9.10. The molecule has 84 valence electrons. The van der Waals surface area contributed by atoms with Gasteiger partial charge in [-0.05, 0) is 36.0 Å². The fourth-order valence-electron chi connectivity index (χ4n) is 1.32. The van der Waals surface area contributed by atoms with Gasteiger partial charge in [0.2, 0.25) is 0 Å². The summed E-state index contributed by atoms with van der Waals surface area (Å²) in [4.78, 5) is 11.7. The van der Waals surface area contributed by atoms with Gasteiger partial charge in [-0.15, -0.1) is 0 Å². The van der Waals surface area contributed by atoms with Crippen LogP contribution in [0.4, 0.5) is 0 Å². The third-order valence-corrected chi connectivity index (χ3v) is 2.53. The second-order valence-corrected chi connectivity index (χ2v) is 4.10. The van der Waals surface area contributed by atoms with E-state index in [0.29, 0.717) is 12.2 Å². The summed E-state index contributed by atoms with van der Waals surface area (Å²) in [6.45, 7) is 4.22. The molecule has 0 fully saturated rings. The van der Waals surface area contributed by atoms with Crippen LogP contribution in [-0.2, 0) is 6.54 Å². The average molecular weight is 274 g/mol. The lowest BCUT2D eigenvalue weighted by atomic mass is 10.4. The highest BCUT2D eigenvalue weighted by atomic mass is 79.9. The predicted molar refractivity (Wildman–Crippen MR) is 64.1 cm³/mol. The number of nitrogens with zero attached hydrogens (tertiary/aromatic N) is 1. The third kappa shape index (κ3) is 3.35. The van der Waals surface area contributed by atoms with E-state index < -0.39 is 0 Å². The summed E-state index contributed by atoms with van der Waals surface area (Å²) in [5.41, 5.74) is 0.695. The summed E-state index contributed by atoms with van der Waals surface area (Å²) < 4.78 is 2.85. The molecule has 1 amide bonds. The first-order chi connectivity index (χ1) is 7.19. The fraction of sp³-hybridized carbons (Fsp3) is 0.500. The van der Waals surface area contributed by atoms with Crippen molar-refractivity contribution in [3.63, 3.8) is 0 Å². The molecular formula is C10H16BrN3O. The van der Waals surface area contributed by atoms with Crippen molar-refractivity contribution in [3.8, 4) is 0 Å². The number of hydrogen-bond donors (Lipinski definition) is 2. The van der Waals surface area contributed by atoms with E-state index in [1.54, 1.807) is 0 Å². The fourth-order valence-corrected chi connectivity index (χ4v) is 1.78. The summed E-state index contributed by atoms with van der Waals surface area (Å²) in [7, 11) is 1.86. The summed E-state index contributed by atoms with van der Waals surface area (Å²) in [6, 6.07) is 1.83. The van der Waals surface area contributed by atoms with Crippen LogP contribution < -0.4 is 10.6 Å². The number of nitrogens with one attached hydrogen (secondary N) is 2. The molecule has 0 aromatic carbocycles. The minimum absolute atomic E-state index is 0.0298. The topological polar surface area (TPSA) is 46.1 Å². The molecule has 0 aliphatic carbocycles. The van der Waals surface area contributed by atoms with E-state index in [1.165, 1.54) is 0 Å². The molecule has 0 spiro atoms. The molecule has 1 aromatic heterocycles. The maximum Gasteiger partial charge on any atom is 0.267 e. The maximum absolute atomic E-state index is 11.7. The van der Waals surface area contributed by atoms with E-state index in [-0.39, 0.29) is 5.91 Å². The number of rotatable bonds is 5. The van der Waals surface area contributed by atoms with Gasteiger partial charge in [0.05, 0.1) is 0 Å². The van der Waals surface area contributed by atoms with Crippen molar-refractivity contribution in [1.29, 1.82) is 0 Å². The minimum atomic E-state index is -0.0298. The predicted octanol–water partition coefficient (Wildman–Crippen LogP) is 1.22. The van der Waals surface area contributed by atoms with Crippen LogP contribution >= 0.6 is 15.9 Å². The van der Waals surface area contributed by atoms with E-state index in [0.717, 1.165) is 17.6 Å². The second kappa shape index (κ2) is 5.92. The Kier molecular flexibility index (Phi) is 4.84. The summed E-state index contributed by atoms with van der Waals surface area (Å²) in [5.74, 6) is -0.0298. The molecular weight excluding hydrogens is 258 g/mol. The van der Waals surface area contributed by atoms with Crippen molar-refractivity contribution in [1.82, 2.24) is 15.2 Å². The Bertz CT molecular complexity index is 335. The summed E-state index contributed by atoms with van der Waals surface area (Å²) in [6.07, 6.45) is 1.91. The van der Waals surface area contributed by atoms with Gasteiger partial charge in [-0.2, -0.15) is 0 Å². The summed E-state index contributed by atoms with van der Waals surface area (Å²) >= 11 is 3.36. The number of carbonyl (C=O) groups is 1. The van der Waals surface area contributed by atoms with Gasteiger partial charge in [-0.25, -0.2) is 0 Å². The molecule has 1 aromatic rings. The van der Waals surface area contributed by atoms with Gasteiger partial charge in [0.15, 0.2) is 0 Å². The Hall–Kier alpha value is -0.810. The first kappa shape index (κ1) is 12.3. The molecule has 0 saturated heterocycles. The van der Waals surface area contributed by atoms with Crippen LogP contribution in [0, 0.1) is 0 Å². The number of hydrogen-bond acceptors (Lipinski definition) is 2. The van der Waals surface area contributed by atoms with E-state index in [4.69, 9.17) is 0 Å². The lowest BCUT2D eigenvalue weighted by Crippen LogP contribution is -2.31. The lowest BCUT2D eigenvalue weighted by molar-refractivity contribution is 0.0945. The monoisotopic (exact) mass is 273 g/mol. The second-order valence-electron chi connectivity index (χ2n) is 3.19. The first-order valence-electron chi connectivity index (χ1n) is 4.97. The molecule has 0 unspecified atom stereocenters. The molecule has 4 nitrogen and oxygen atoms in total. The van der Waals surface area contributed by atoms with Gasteiger partial charge >= 0.3 is 0 Å². The molecule has 1 rings (SSSR count). The van der Waals surface area contributed by atoms with Crippen molar-refractivity contribution in [2.45, 2.75) is 13.5 Å². The minimum Gasteiger partial charge on any atom is -0.349 e. The van der Waals surface area contributed by atoms with Crippen LogP contribution in [0.15, 0.2) is 16.7 Å². The molecule has 0 radical (unpaired) electrons. The number of halogens is 1. The zero-order chi connectivity index (χ0) is 11.3. The van der Waals surface area contributed by atoms with Crippen molar-refractivity contribution in [2.24, 2.45) is 0 Å². The number of carbonyl (C=O) groups excluding carboxylic acids is 1. The van der Waals surface area contributed by atoms with Crippen LogP contribution in [0.5, 0.6) is 0 Å². The average Bonchev–Trinajstić information content (AvgIpc) is 2.60. The molecule has 0 bridgehead atoms. The highest BCUT2D eigenvalue weighted by Crippen LogP contribution is 2.14. The number of aryl methyl sites for hydroxylation is 1. The largest absolute Gasteiger partial charge is 0.349 e. The zero-order valence-corrected chi connectivity index (χ0v) is 10.6. The van der Waals surface area contributed by atoms with Gasteiger partial charge in [0.25, 0.3) is 5.91 Å². The molecule has 2 N–H and O–H groups in total. The SMILES string of the molecule is CCn1cc(Br)cc1C(=O)NCCNC. The highest BCUT2D eigenvalue weighted by Gasteiger charge is 2.10. The van der Waals surface area contributed by atoms with Crippen LogP contribution in [0.1, 0.15) is 17.4 Å². The van der Waals surface area contributed by atoms with Crippen LogP contribution in [0.25, 0.3) is 0 Å². The summed E-state index contributed by atoms with van der Waals surface area (Å²) in [5, 5.41) is 5.82. The molecule has 0 atom stereocenters. The third-order valence-electron chi connectivity index (χ3n) is 2.10. The Morgan fingerprint density at radius 1 is 1.53 bits per heavy atom. The Morgan fingerprint density at radius 2 is 2.27 bits per heavy atom. The molecule has 5 heteroatoms. The lowest BCUT2D eigenvalue weighted by Gasteiger charge is -2.07. The van der Waals surface area contributed by atoms with E-state index >= 15 is 0 Å². The Labute approximate surface area is 98.2 Å². The normalized spacial score (nSPS) is 10.3. The van der Waals surface area contributed by atoms with Crippen LogP contribution in [-0.4, -0.2) is 30.6 Å². The van der Waals surface area contributed by atoms with Gasteiger partial charge < -0.3 is 15.2 Å².